The van der Waals surface area contributed by atoms with Crippen LogP contribution in [0.2, 0.25) is 0 Å². The average molecular weight is 1170 g/mol. The van der Waals surface area contributed by atoms with Gasteiger partial charge in [0.05, 0.1) is 7.57 Å². The maximum absolute atomic E-state index is 6.40. The van der Waals surface area contributed by atoms with Gasteiger partial charge in [0.2, 0.25) is 0 Å². The van der Waals surface area contributed by atoms with Crippen LogP contribution in [-0.4, -0.2) is 7.57 Å². The molecule has 1 atom stereocenters. The van der Waals surface area contributed by atoms with E-state index in [1.165, 1.54) is 66.8 Å². The number of hydrogen-bond acceptors (Lipinski definition) is 4. The molecule has 0 spiro atoms. The van der Waals surface area contributed by atoms with Crippen molar-refractivity contribution in [1.29, 1.82) is 0 Å². The standard InChI is InChI=1S/2C42H26O2.BH2P/c1-3-9-27(10-4-1)29-13-7-15-31(21-29)33-17-19-39-35(23-33)37-25-42-38(26-41(37)43-39)36-24-34(18-20-40(36)44-42)32-16-8-14-30(22-32)28-11-5-2-6-12-28;1-3-9-27(10-4-1)29-13-7-15-31(21-29)33-17-19-39-35(23-33)37-25-38-36-24-34(18-20-40(36)44-42(38)26-41(37)43-39)32-16-8-14-30(22-32)28-11-5-2-6-12-28;1-2/h2*1-26H;2H2. The summed E-state index contributed by atoms with van der Waals surface area (Å²) in [4.78, 5) is 0. The molecule has 18 aromatic rings. The minimum absolute atomic E-state index is 0.831. The minimum Gasteiger partial charge on any atom is -0.456 e. The summed E-state index contributed by atoms with van der Waals surface area (Å²) in [5.74, 6) is 0. The zero-order valence-corrected chi connectivity index (χ0v) is 50.0. The Labute approximate surface area is 523 Å². The third-order valence-corrected chi connectivity index (χ3v) is 17.3. The van der Waals surface area contributed by atoms with Crippen molar-refractivity contribution in [2.45, 2.75) is 0 Å². The van der Waals surface area contributed by atoms with Crippen LogP contribution in [0.3, 0.4) is 0 Å². The fraction of sp³-hybridized carbons (Fsp3) is 0. The van der Waals surface area contributed by atoms with Gasteiger partial charge in [-0.05, 0) is 180 Å². The molecule has 90 heavy (non-hydrogen) atoms. The van der Waals surface area contributed by atoms with Gasteiger partial charge in [-0.15, -0.1) is 0 Å². The molecule has 0 bridgehead atoms. The van der Waals surface area contributed by atoms with Crippen molar-refractivity contribution in [3.8, 4) is 89.0 Å². The lowest BCUT2D eigenvalue weighted by molar-refractivity contribution is 0.656. The van der Waals surface area contributed by atoms with Crippen LogP contribution in [0.25, 0.3) is 177 Å². The van der Waals surface area contributed by atoms with E-state index in [0.717, 1.165) is 110 Å². The van der Waals surface area contributed by atoms with Gasteiger partial charge in [-0.2, -0.15) is 9.12 Å². The molecule has 0 fully saturated rings. The average Bonchev–Trinajstić information content (AvgIpc) is 1.66. The second-order valence-corrected chi connectivity index (χ2v) is 22.7. The van der Waals surface area contributed by atoms with Gasteiger partial charge in [0.25, 0.3) is 0 Å². The third-order valence-electron chi connectivity index (χ3n) is 17.3. The molecule has 14 aromatic carbocycles. The SMILES string of the molecule is [B]P.c1ccc(-c2cccc(-c3ccc4oc5cc6c(cc5c4c3)oc3ccc(-c4cccc(-c5ccccc5)c4)cc36)c2)cc1.c1ccc(-c2cccc(-c3ccc4oc5cc6oc7ccc(-c8cccc(-c9ccccc9)c8)cc7c6cc5c4c3)c2)cc1. The van der Waals surface area contributed by atoms with Crippen molar-refractivity contribution in [2.24, 2.45) is 0 Å². The lowest BCUT2D eigenvalue weighted by Crippen LogP contribution is -1.81. The second-order valence-electron chi connectivity index (χ2n) is 22.7. The molecule has 0 amide bonds. The van der Waals surface area contributed by atoms with E-state index in [2.05, 4.69) is 305 Å². The number of rotatable bonds is 8. The highest BCUT2D eigenvalue weighted by Crippen LogP contribution is 2.43. The fourth-order valence-electron chi connectivity index (χ4n) is 12.8. The van der Waals surface area contributed by atoms with E-state index in [1.54, 1.807) is 0 Å². The molecule has 18 rings (SSSR count). The fourth-order valence-corrected chi connectivity index (χ4v) is 12.8. The molecule has 4 heterocycles. The van der Waals surface area contributed by atoms with Crippen LogP contribution < -0.4 is 0 Å². The summed E-state index contributed by atoms with van der Waals surface area (Å²) >= 11 is 0. The highest BCUT2D eigenvalue weighted by Gasteiger charge is 2.18. The predicted octanol–water partition coefficient (Wildman–Crippen LogP) is 24.3. The molecule has 4 nitrogen and oxygen atoms in total. The first kappa shape index (κ1) is 54.2. The quantitative estimate of drug-likeness (QED) is 0.112. The molecule has 0 aliphatic carbocycles. The summed E-state index contributed by atoms with van der Waals surface area (Å²) in [6.45, 7) is 0. The molecular weight excluding hydrogens is 1110 g/mol. The van der Waals surface area contributed by atoms with Gasteiger partial charge < -0.3 is 17.7 Å². The first-order valence-corrected chi connectivity index (χ1v) is 30.8. The van der Waals surface area contributed by atoms with E-state index in [-0.39, 0.29) is 0 Å². The summed E-state index contributed by atoms with van der Waals surface area (Å²) in [5, 5.41) is 8.68. The van der Waals surface area contributed by atoms with Gasteiger partial charge in [0.15, 0.2) is 0 Å². The van der Waals surface area contributed by atoms with Crippen molar-refractivity contribution >= 4 is 104 Å². The van der Waals surface area contributed by atoms with E-state index in [4.69, 9.17) is 17.7 Å². The number of furan rings is 4. The first-order valence-electron chi connectivity index (χ1n) is 30.2. The Kier molecular flexibility index (Phi) is 13.9. The van der Waals surface area contributed by atoms with Gasteiger partial charge in [-0.3, -0.25) is 0 Å². The lowest BCUT2D eigenvalue weighted by atomic mass is 9.97. The molecule has 422 valence electrons. The minimum atomic E-state index is 0.831. The van der Waals surface area contributed by atoms with Crippen LogP contribution in [0.15, 0.2) is 333 Å². The Morgan fingerprint density at radius 1 is 0.144 bits per heavy atom. The van der Waals surface area contributed by atoms with E-state index in [1.807, 2.05) is 27.3 Å². The second kappa shape index (κ2) is 23.1. The summed E-state index contributed by atoms with van der Waals surface area (Å²) in [5.41, 5.74) is 25.9. The molecular formula is C84H54BO4P. The normalized spacial score (nSPS) is 11.4. The van der Waals surface area contributed by atoms with Gasteiger partial charge in [0.1, 0.15) is 44.7 Å². The maximum Gasteiger partial charge on any atom is 0.139 e. The van der Waals surface area contributed by atoms with E-state index < -0.39 is 0 Å². The maximum atomic E-state index is 6.40. The predicted molar refractivity (Wildman–Crippen MR) is 381 cm³/mol. The monoisotopic (exact) mass is 1170 g/mol. The molecule has 0 aliphatic heterocycles. The van der Waals surface area contributed by atoms with Crippen molar-refractivity contribution < 1.29 is 17.7 Å². The Hall–Kier alpha value is -11.2. The van der Waals surface area contributed by atoms with Crippen molar-refractivity contribution in [1.82, 2.24) is 0 Å². The van der Waals surface area contributed by atoms with Crippen LogP contribution in [0.1, 0.15) is 0 Å². The molecule has 2 radical (unpaired) electrons. The topological polar surface area (TPSA) is 52.6 Å². The first-order chi connectivity index (χ1) is 44.5. The zero-order chi connectivity index (χ0) is 60.1. The summed E-state index contributed by atoms with van der Waals surface area (Å²) < 4.78 is 25.5. The van der Waals surface area contributed by atoms with E-state index >= 15 is 0 Å². The summed E-state index contributed by atoms with van der Waals surface area (Å²) in [6, 6.07) is 111. The summed E-state index contributed by atoms with van der Waals surface area (Å²) in [6.07, 6.45) is 0. The highest BCUT2D eigenvalue weighted by atomic mass is 31.0. The molecule has 6 heteroatoms. The molecule has 0 saturated heterocycles. The van der Waals surface area contributed by atoms with Crippen molar-refractivity contribution in [3.05, 3.63) is 315 Å². The molecule has 4 aromatic heterocycles. The third kappa shape index (κ3) is 10.1. The van der Waals surface area contributed by atoms with Crippen LogP contribution in [0.4, 0.5) is 0 Å². The van der Waals surface area contributed by atoms with E-state index in [0.29, 0.717) is 0 Å². The lowest BCUT2D eigenvalue weighted by Gasteiger charge is -2.06. The van der Waals surface area contributed by atoms with Gasteiger partial charge in [-0.25, -0.2) is 0 Å². The van der Waals surface area contributed by atoms with Crippen LogP contribution >= 0.6 is 9.12 Å². The number of hydrogen-bond donors (Lipinski definition) is 0. The largest absolute Gasteiger partial charge is 0.456 e. The molecule has 0 N–H and O–H groups in total. The van der Waals surface area contributed by atoms with Crippen molar-refractivity contribution in [3.63, 3.8) is 0 Å². The van der Waals surface area contributed by atoms with Gasteiger partial charge in [0, 0.05) is 49.2 Å². The van der Waals surface area contributed by atoms with E-state index in [9.17, 15) is 0 Å². The van der Waals surface area contributed by atoms with Gasteiger partial charge >= 0.3 is 0 Å². The molecule has 0 aliphatic rings. The van der Waals surface area contributed by atoms with Crippen LogP contribution in [0.5, 0.6) is 0 Å². The Bertz CT molecular complexity index is 5320. The smallest absolute Gasteiger partial charge is 0.139 e. The van der Waals surface area contributed by atoms with Gasteiger partial charge in [-0.1, -0.05) is 218 Å². The highest BCUT2D eigenvalue weighted by molar-refractivity contribution is 7.49. The van der Waals surface area contributed by atoms with Crippen LogP contribution in [0, 0.1) is 0 Å². The number of benzene rings is 14. The van der Waals surface area contributed by atoms with Crippen LogP contribution in [-0.2, 0) is 0 Å². The molecule has 1 unspecified atom stereocenters. The Morgan fingerprint density at radius 3 is 0.589 bits per heavy atom. The number of fused-ring (bicyclic) bond motifs is 12. The Balaban J connectivity index is 0.000000140. The Morgan fingerprint density at radius 2 is 0.333 bits per heavy atom. The summed E-state index contributed by atoms with van der Waals surface area (Å²) in [7, 11) is 6.33. The molecule has 0 saturated carbocycles. The van der Waals surface area contributed by atoms with Crippen molar-refractivity contribution in [2.75, 3.05) is 0 Å². The zero-order valence-electron chi connectivity index (χ0n) is 48.8.